The molecular formula is C16H18N2. The van der Waals surface area contributed by atoms with E-state index in [0.29, 0.717) is 0 Å². The highest BCUT2D eigenvalue weighted by Crippen LogP contribution is 2.25. The summed E-state index contributed by atoms with van der Waals surface area (Å²) in [6.45, 7) is 3.04. The second-order valence-corrected chi connectivity index (χ2v) is 5.06. The Morgan fingerprint density at radius 3 is 2.83 bits per heavy atom. The fraction of sp³-hybridized carbons (Fsp3) is 0.312. The molecule has 1 heterocycles. The molecule has 0 aliphatic heterocycles. The molecule has 1 saturated carbocycles. The first-order chi connectivity index (χ1) is 8.83. The quantitative estimate of drug-likeness (QED) is 0.884. The molecule has 0 radical (unpaired) electrons. The minimum Gasteiger partial charge on any atom is -0.310 e. The van der Waals surface area contributed by atoms with Crippen molar-refractivity contribution in [1.82, 2.24) is 10.3 Å². The molecule has 2 nitrogen and oxygen atoms in total. The molecule has 1 fully saturated rings. The molecule has 92 valence electrons. The molecule has 2 aromatic rings. The van der Waals surface area contributed by atoms with E-state index in [2.05, 4.69) is 47.6 Å². The summed E-state index contributed by atoms with van der Waals surface area (Å²) in [6.07, 6.45) is 6.50. The summed E-state index contributed by atoms with van der Waals surface area (Å²) in [4.78, 5) is 4.29. The summed E-state index contributed by atoms with van der Waals surface area (Å²) < 4.78 is 0. The van der Waals surface area contributed by atoms with Crippen molar-refractivity contribution in [3.8, 4) is 11.1 Å². The zero-order valence-corrected chi connectivity index (χ0v) is 10.7. The second kappa shape index (κ2) is 4.91. The van der Waals surface area contributed by atoms with E-state index in [-0.39, 0.29) is 0 Å². The van der Waals surface area contributed by atoms with Crippen molar-refractivity contribution in [3.05, 3.63) is 53.9 Å². The van der Waals surface area contributed by atoms with Gasteiger partial charge in [-0.3, -0.25) is 4.98 Å². The van der Waals surface area contributed by atoms with E-state index in [0.717, 1.165) is 12.6 Å². The van der Waals surface area contributed by atoms with Gasteiger partial charge in [0.15, 0.2) is 0 Å². The molecule has 3 rings (SSSR count). The summed E-state index contributed by atoms with van der Waals surface area (Å²) >= 11 is 0. The van der Waals surface area contributed by atoms with Crippen molar-refractivity contribution < 1.29 is 0 Å². The van der Waals surface area contributed by atoms with Crippen LogP contribution in [0, 0.1) is 6.92 Å². The predicted octanol–water partition coefficient (Wildman–Crippen LogP) is 3.31. The highest BCUT2D eigenvalue weighted by atomic mass is 14.9. The van der Waals surface area contributed by atoms with Crippen molar-refractivity contribution in [1.29, 1.82) is 0 Å². The van der Waals surface area contributed by atoms with Gasteiger partial charge in [0.25, 0.3) is 0 Å². The molecule has 0 saturated heterocycles. The molecule has 0 bridgehead atoms. The Bertz CT molecular complexity index is 544. The lowest BCUT2D eigenvalue weighted by Gasteiger charge is -2.10. The Morgan fingerprint density at radius 1 is 1.22 bits per heavy atom. The largest absolute Gasteiger partial charge is 0.310 e. The van der Waals surface area contributed by atoms with Crippen LogP contribution in [-0.2, 0) is 6.54 Å². The molecule has 2 heteroatoms. The van der Waals surface area contributed by atoms with Crippen LogP contribution in [0.1, 0.15) is 24.0 Å². The van der Waals surface area contributed by atoms with Crippen LogP contribution in [0.4, 0.5) is 0 Å². The lowest BCUT2D eigenvalue weighted by molar-refractivity contribution is 0.689. The van der Waals surface area contributed by atoms with E-state index >= 15 is 0 Å². The summed E-state index contributed by atoms with van der Waals surface area (Å²) in [5, 5.41) is 3.58. The monoisotopic (exact) mass is 238 g/mol. The van der Waals surface area contributed by atoms with Gasteiger partial charge >= 0.3 is 0 Å². The van der Waals surface area contributed by atoms with Gasteiger partial charge in [-0.1, -0.05) is 24.3 Å². The summed E-state index contributed by atoms with van der Waals surface area (Å²) in [7, 11) is 0. The van der Waals surface area contributed by atoms with E-state index in [1.807, 2.05) is 12.4 Å². The van der Waals surface area contributed by atoms with Crippen LogP contribution < -0.4 is 5.32 Å². The molecule has 18 heavy (non-hydrogen) atoms. The van der Waals surface area contributed by atoms with E-state index in [4.69, 9.17) is 0 Å². The van der Waals surface area contributed by atoms with E-state index < -0.39 is 0 Å². The topological polar surface area (TPSA) is 24.9 Å². The standard InChI is InChI=1S/C16H18N2/c1-12-8-14(10-17-9-12)16-5-3-2-4-13(16)11-18-15-6-7-15/h2-5,8-10,15,18H,6-7,11H2,1H3. The van der Waals surface area contributed by atoms with Crippen molar-refractivity contribution in [2.45, 2.75) is 32.4 Å². The Balaban J connectivity index is 1.89. The molecule has 0 atom stereocenters. The van der Waals surface area contributed by atoms with Gasteiger partial charge in [-0.05, 0) is 42.5 Å². The van der Waals surface area contributed by atoms with Crippen LogP contribution in [0.2, 0.25) is 0 Å². The third-order valence-corrected chi connectivity index (χ3v) is 3.36. The number of hydrogen-bond donors (Lipinski definition) is 1. The molecule has 1 aliphatic rings. The molecular weight excluding hydrogens is 220 g/mol. The summed E-state index contributed by atoms with van der Waals surface area (Å²) in [5.41, 5.74) is 5.07. The third-order valence-electron chi connectivity index (χ3n) is 3.36. The van der Waals surface area contributed by atoms with Crippen LogP contribution in [-0.4, -0.2) is 11.0 Å². The highest BCUT2D eigenvalue weighted by Gasteiger charge is 2.20. The Hall–Kier alpha value is -1.67. The first kappa shape index (κ1) is 11.4. The zero-order valence-electron chi connectivity index (χ0n) is 10.7. The molecule has 0 unspecified atom stereocenters. The highest BCUT2D eigenvalue weighted by molar-refractivity contribution is 5.67. The van der Waals surface area contributed by atoms with Crippen LogP contribution in [0.5, 0.6) is 0 Å². The number of nitrogens with zero attached hydrogens (tertiary/aromatic N) is 1. The van der Waals surface area contributed by atoms with Gasteiger partial charge < -0.3 is 5.32 Å². The second-order valence-electron chi connectivity index (χ2n) is 5.06. The van der Waals surface area contributed by atoms with E-state index in [9.17, 15) is 0 Å². The maximum absolute atomic E-state index is 4.29. The third kappa shape index (κ3) is 2.59. The van der Waals surface area contributed by atoms with Gasteiger partial charge in [0, 0.05) is 30.5 Å². The smallest absolute Gasteiger partial charge is 0.0346 e. The molecule has 1 aromatic heterocycles. The van der Waals surface area contributed by atoms with Crippen molar-refractivity contribution in [3.63, 3.8) is 0 Å². The minimum atomic E-state index is 0.744. The predicted molar refractivity (Wildman–Crippen MR) is 74.3 cm³/mol. The normalized spacial score (nSPS) is 14.7. The molecule has 0 amide bonds. The first-order valence-electron chi connectivity index (χ1n) is 6.56. The number of hydrogen-bond acceptors (Lipinski definition) is 2. The molecule has 0 spiro atoms. The Morgan fingerprint density at radius 2 is 2.06 bits per heavy atom. The lowest BCUT2D eigenvalue weighted by Crippen LogP contribution is -2.15. The van der Waals surface area contributed by atoms with Crippen LogP contribution in [0.3, 0.4) is 0 Å². The number of nitrogens with one attached hydrogen (secondary N) is 1. The van der Waals surface area contributed by atoms with Gasteiger partial charge in [-0.15, -0.1) is 0 Å². The number of benzene rings is 1. The average Bonchev–Trinajstić information content (AvgIpc) is 3.21. The Kier molecular flexibility index (Phi) is 3.11. The van der Waals surface area contributed by atoms with Crippen molar-refractivity contribution in [2.75, 3.05) is 0 Å². The minimum absolute atomic E-state index is 0.744. The van der Waals surface area contributed by atoms with Gasteiger partial charge in [0.1, 0.15) is 0 Å². The number of pyridine rings is 1. The fourth-order valence-corrected chi connectivity index (χ4v) is 2.20. The lowest BCUT2D eigenvalue weighted by atomic mass is 10.0. The summed E-state index contributed by atoms with van der Waals surface area (Å²) in [6, 6.07) is 11.5. The molecule has 1 aliphatic carbocycles. The van der Waals surface area contributed by atoms with E-state index in [1.165, 1.54) is 35.1 Å². The number of aryl methyl sites for hydroxylation is 1. The number of aromatic nitrogens is 1. The van der Waals surface area contributed by atoms with Crippen molar-refractivity contribution in [2.24, 2.45) is 0 Å². The van der Waals surface area contributed by atoms with Crippen LogP contribution in [0.15, 0.2) is 42.7 Å². The first-order valence-corrected chi connectivity index (χ1v) is 6.56. The fourth-order valence-electron chi connectivity index (χ4n) is 2.20. The molecule has 1 N–H and O–H groups in total. The SMILES string of the molecule is Cc1cncc(-c2ccccc2CNC2CC2)c1. The number of rotatable bonds is 4. The Labute approximate surface area is 108 Å². The summed E-state index contributed by atoms with van der Waals surface area (Å²) in [5.74, 6) is 0. The van der Waals surface area contributed by atoms with Crippen LogP contribution in [0.25, 0.3) is 11.1 Å². The van der Waals surface area contributed by atoms with Gasteiger partial charge in [0.2, 0.25) is 0 Å². The van der Waals surface area contributed by atoms with E-state index in [1.54, 1.807) is 0 Å². The van der Waals surface area contributed by atoms with Crippen LogP contribution >= 0.6 is 0 Å². The van der Waals surface area contributed by atoms with Gasteiger partial charge in [-0.25, -0.2) is 0 Å². The van der Waals surface area contributed by atoms with Gasteiger partial charge in [-0.2, -0.15) is 0 Å². The average molecular weight is 238 g/mol. The maximum Gasteiger partial charge on any atom is 0.0346 e. The maximum atomic E-state index is 4.29. The van der Waals surface area contributed by atoms with Gasteiger partial charge in [0.05, 0.1) is 0 Å². The zero-order chi connectivity index (χ0) is 12.4. The molecule has 1 aromatic carbocycles. The van der Waals surface area contributed by atoms with Crippen molar-refractivity contribution >= 4 is 0 Å².